The van der Waals surface area contributed by atoms with Gasteiger partial charge in [-0.15, -0.1) is 0 Å². The second-order valence-corrected chi connectivity index (χ2v) is 6.91. The molecule has 5 heteroatoms. The van der Waals surface area contributed by atoms with Gasteiger partial charge >= 0.3 is 0 Å². The summed E-state index contributed by atoms with van der Waals surface area (Å²) in [6, 6.07) is 20.0. The third kappa shape index (κ3) is 4.62. The first-order valence-electron chi connectivity index (χ1n) is 9.41. The molecule has 4 rings (SSSR count). The zero-order chi connectivity index (χ0) is 19.2. The van der Waals surface area contributed by atoms with Gasteiger partial charge in [-0.2, -0.15) is 0 Å². The summed E-state index contributed by atoms with van der Waals surface area (Å²) >= 11 is 0. The van der Waals surface area contributed by atoms with Crippen molar-refractivity contribution in [2.24, 2.45) is 0 Å². The van der Waals surface area contributed by atoms with E-state index >= 15 is 0 Å². The highest BCUT2D eigenvalue weighted by molar-refractivity contribution is 5.91. The summed E-state index contributed by atoms with van der Waals surface area (Å²) in [6.45, 7) is 0.590. The van der Waals surface area contributed by atoms with E-state index in [9.17, 15) is 4.79 Å². The summed E-state index contributed by atoms with van der Waals surface area (Å²) in [5.74, 6) is 0.960. The molecule has 0 saturated heterocycles. The van der Waals surface area contributed by atoms with E-state index in [2.05, 4.69) is 32.7 Å². The smallest absolute Gasteiger partial charge is 0.227 e. The second-order valence-electron chi connectivity index (χ2n) is 6.91. The standard InChI is InChI=1S/C23H22N4O/c28-22-12-19(18-7-3-1-4-8-18)11-21(13-22)24-14-17-15-25-23(26-16-17)27-20-9-5-2-6-10-20/h1-10,13,15-16,19,24H,11-12,14H2,(H,25,26,27). The van der Waals surface area contributed by atoms with Crippen LogP contribution in [0.3, 0.4) is 0 Å². The molecule has 1 atom stereocenters. The van der Waals surface area contributed by atoms with Gasteiger partial charge in [-0.25, -0.2) is 9.97 Å². The summed E-state index contributed by atoms with van der Waals surface area (Å²) in [4.78, 5) is 20.9. The quantitative estimate of drug-likeness (QED) is 0.676. The van der Waals surface area contributed by atoms with Crippen molar-refractivity contribution in [1.29, 1.82) is 0 Å². The molecule has 0 amide bonds. The van der Waals surface area contributed by atoms with Crippen LogP contribution in [-0.4, -0.2) is 15.8 Å². The Morgan fingerprint density at radius 2 is 1.57 bits per heavy atom. The van der Waals surface area contributed by atoms with Gasteiger partial charge in [0, 0.05) is 48.4 Å². The minimum atomic E-state index is 0.168. The Balaban J connectivity index is 1.35. The number of para-hydroxylation sites is 1. The van der Waals surface area contributed by atoms with Gasteiger partial charge in [0.2, 0.25) is 5.95 Å². The van der Waals surface area contributed by atoms with Gasteiger partial charge in [0.25, 0.3) is 0 Å². The van der Waals surface area contributed by atoms with Crippen LogP contribution < -0.4 is 10.6 Å². The predicted molar refractivity (Wildman–Crippen MR) is 110 cm³/mol. The fourth-order valence-electron chi connectivity index (χ4n) is 3.35. The molecule has 28 heavy (non-hydrogen) atoms. The van der Waals surface area contributed by atoms with Crippen LogP contribution in [0.15, 0.2) is 84.8 Å². The molecule has 3 aromatic rings. The summed E-state index contributed by atoms with van der Waals surface area (Å²) in [5, 5.41) is 6.54. The van der Waals surface area contributed by atoms with Crippen molar-refractivity contribution in [3.05, 3.63) is 96.0 Å². The molecule has 1 aromatic heterocycles. The molecule has 2 aromatic carbocycles. The lowest BCUT2D eigenvalue weighted by atomic mass is 9.85. The summed E-state index contributed by atoms with van der Waals surface area (Å²) in [6.07, 6.45) is 6.73. The fourth-order valence-corrected chi connectivity index (χ4v) is 3.35. The first kappa shape index (κ1) is 17.9. The molecule has 1 heterocycles. The van der Waals surface area contributed by atoms with Crippen molar-refractivity contribution in [3.8, 4) is 0 Å². The number of carbonyl (C=O) groups excluding carboxylic acids is 1. The molecule has 0 saturated carbocycles. The van der Waals surface area contributed by atoms with Crippen molar-refractivity contribution in [1.82, 2.24) is 15.3 Å². The van der Waals surface area contributed by atoms with E-state index in [0.717, 1.165) is 23.4 Å². The number of benzene rings is 2. The number of anilines is 2. The molecular formula is C23H22N4O. The topological polar surface area (TPSA) is 66.9 Å². The molecule has 1 aliphatic carbocycles. The number of carbonyl (C=O) groups is 1. The zero-order valence-corrected chi connectivity index (χ0v) is 15.5. The van der Waals surface area contributed by atoms with Crippen LogP contribution in [0.2, 0.25) is 0 Å². The summed E-state index contributed by atoms with van der Waals surface area (Å²) in [5.41, 5.74) is 4.10. The highest BCUT2D eigenvalue weighted by Gasteiger charge is 2.21. The maximum atomic E-state index is 12.1. The lowest BCUT2D eigenvalue weighted by molar-refractivity contribution is -0.115. The summed E-state index contributed by atoms with van der Waals surface area (Å²) in [7, 11) is 0. The molecule has 0 spiro atoms. The minimum absolute atomic E-state index is 0.168. The van der Waals surface area contributed by atoms with Gasteiger partial charge in [0.1, 0.15) is 0 Å². The monoisotopic (exact) mass is 370 g/mol. The third-order valence-corrected chi connectivity index (χ3v) is 4.77. The fraction of sp³-hybridized carbons (Fsp3) is 0.174. The van der Waals surface area contributed by atoms with E-state index in [-0.39, 0.29) is 11.7 Å². The van der Waals surface area contributed by atoms with Crippen molar-refractivity contribution >= 4 is 17.4 Å². The molecule has 2 N–H and O–H groups in total. The average Bonchev–Trinajstić information content (AvgIpc) is 2.74. The van der Waals surface area contributed by atoms with Crippen molar-refractivity contribution < 1.29 is 4.79 Å². The Morgan fingerprint density at radius 1 is 0.893 bits per heavy atom. The molecule has 0 radical (unpaired) electrons. The van der Waals surface area contributed by atoms with Crippen LogP contribution >= 0.6 is 0 Å². The third-order valence-electron chi connectivity index (χ3n) is 4.77. The number of aromatic nitrogens is 2. The minimum Gasteiger partial charge on any atom is -0.384 e. The van der Waals surface area contributed by atoms with Gasteiger partial charge in [0.15, 0.2) is 5.78 Å². The van der Waals surface area contributed by atoms with E-state index in [1.165, 1.54) is 5.56 Å². The van der Waals surface area contributed by atoms with Crippen LogP contribution in [0.25, 0.3) is 0 Å². The zero-order valence-electron chi connectivity index (χ0n) is 15.5. The lowest BCUT2D eigenvalue weighted by Crippen LogP contribution is -2.22. The second kappa shape index (κ2) is 8.48. The van der Waals surface area contributed by atoms with Crippen molar-refractivity contribution in [3.63, 3.8) is 0 Å². The van der Waals surface area contributed by atoms with Crippen LogP contribution in [-0.2, 0) is 11.3 Å². The Hall–Kier alpha value is -3.47. The highest BCUT2D eigenvalue weighted by atomic mass is 16.1. The van der Waals surface area contributed by atoms with Gasteiger partial charge in [0.05, 0.1) is 0 Å². The van der Waals surface area contributed by atoms with Crippen molar-refractivity contribution in [2.45, 2.75) is 25.3 Å². The summed E-state index contributed by atoms with van der Waals surface area (Å²) < 4.78 is 0. The Labute approximate surface area is 164 Å². The van der Waals surface area contributed by atoms with Crippen LogP contribution in [0.5, 0.6) is 0 Å². The largest absolute Gasteiger partial charge is 0.384 e. The van der Waals surface area contributed by atoms with Crippen LogP contribution in [0, 0.1) is 0 Å². The van der Waals surface area contributed by atoms with E-state index < -0.39 is 0 Å². The molecular weight excluding hydrogens is 348 g/mol. The SMILES string of the molecule is O=C1C=C(NCc2cnc(Nc3ccccc3)nc2)CC(c2ccccc2)C1. The van der Waals surface area contributed by atoms with E-state index in [1.54, 1.807) is 18.5 Å². The number of nitrogens with one attached hydrogen (secondary N) is 2. The van der Waals surface area contributed by atoms with Crippen molar-refractivity contribution in [2.75, 3.05) is 5.32 Å². The first-order valence-corrected chi connectivity index (χ1v) is 9.41. The normalized spacial score (nSPS) is 16.4. The highest BCUT2D eigenvalue weighted by Crippen LogP contribution is 2.30. The number of rotatable bonds is 6. The molecule has 140 valence electrons. The average molecular weight is 370 g/mol. The van der Waals surface area contributed by atoms with Gasteiger partial charge in [-0.3, -0.25) is 4.79 Å². The van der Waals surface area contributed by atoms with Crippen LogP contribution in [0.4, 0.5) is 11.6 Å². The molecule has 0 fully saturated rings. The molecule has 0 aliphatic heterocycles. The maximum Gasteiger partial charge on any atom is 0.227 e. The van der Waals surface area contributed by atoms with Gasteiger partial charge in [-0.1, -0.05) is 48.5 Å². The Bertz CT molecular complexity index is 953. The van der Waals surface area contributed by atoms with E-state index in [1.807, 2.05) is 48.5 Å². The number of ketones is 1. The Kier molecular flexibility index (Phi) is 5.43. The number of allylic oxidation sites excluding steroid dienone is 2. The molecule has 5 nitrogen and oxygen atoms in total. The maximum absolute atomic E-state index is 12.1. The number of hydrogen-bond acceptors (Lipinski definition) is 5. The van der Waals surface area contributed by atoms with Gasteiger partial charge in [-0.05, 0) is 30.0 Å². The van der Waals surface area contributed by atoms with E-state index in [0.29, 0.717) is 18.9 Å². The molecule has 0 bridgehead atoms. The van der Waals surface area contributed by atoms with Gasteiger partial charge < -0.3 is 10.6 Å². The number of hydrogen-bond donors (Lipinski definition) is 2. The van der Waals surface area contributed by atoms with Crippen LogP contribution in [0.1, 0.15) is 29.9 Å². The molecule has 1 unspecified atom stereocenters. The Morgan fingerprint density at radius 3 is 2.29 bits per heavy atom. The first-order chi connectivity index (χ1) is 13.8. The molecule has 1 aliphatic rings. The predicted octanol–water partition coefficient (Wildman–Crippen LogP) is 4.34. The lowest BCUT2D eigenvalue weighted by Gasteiger charge is -2.23. The number of nitrogens with zero attached hydrogens (tertiary/aromatic N) is 2. The van der Waals surface area contributed by atoms with E-state index in [4.69, 9.17) is 0 Å².